The highest BCUT2D eigenvalue weighted by molar-refractivity contribution is 6.30. The van der Waals surface area contributed by atoms with Crippen LogP contribution < -0.4 is 9.80 Å². The second kappa shape index (κ2) is 6.28. The van der Waals surface area contributed by atoms with Gasteiger partial charge in [0.1, 0.15) is 5.52 Å². The molecule has 1 N–H and O–H groups in total. The minimum absolute atomic E-state index is 0.721. The lowest BCUT2D eigenvalue weighted by molar-refractivity contribution is -0.880. The Balaban J connectivity index is 1.85. The van der Waals surface area contributed by atoms with E-state index >= 15 is 0 Å². The fraction of sp³-hybridized carbons (Fsp3) is 0.389. The maximum absolute atomic E-state index is 6.02. The summed E-state index contributed by atoms with van der Waals surface area (Å²) >= 11 is 6.02. The summed E-state index contributed by atoms with van der Waals surface area (Å²) in [6.45, 7) is 8.24. The molecule has 1 aliphatic rings. The smallest absolute Gasteiger partial charge is 0.180 e. The third kappa shape index (κ3) is 2.85. The average Bonchev–Trinajstić information content (AvgIpc) is 2.95. The van der Waals surface area contributed by atoms with Crippen LogP contribution in [0.25, 0.3) is 16.6 Å². The van der Waals surface area contributed by atoms with E-state index in [1.807, 2.05) is 35.9 Å². The Labute approximate surface area is 152 Å². The van der Waals surface area contributed by atoms with Crippen molar-refractivity contribution in [2.24, 2.45) is 0 Å². The van der Waals surface area contributed by atoms with Crippen molar-refractivity contribution in [2.75, 3.05) is 38.1 Å². The molecule has 0 atom stereocenters. The summed E-state index contributed by atoms with van der Waals surface area (Å²) in [4.78, 5) is 3.86. The van der Waals surface area contributed by atoms with Crippen LogP contribution in [0.3, 0.4) is 0 Å². The molecule has 4 rings (SSSR count). The van der Waals surface area contributed by atoms with Gasteiger partial charge in [-0.1, -0.05) is 11.6 Å². The van der Waals surface area contributed by atoms with E-state index in [1.165, 1.54) is 0 Å². The number of halogens is 1. The Bertz CT molecular complexity index is 909. The number of fused-ring (bicyclic) bond motifs is 1. The van der Waals surface area contributed by atoms with Crippen LogP contribution in [0.2, 0.25) is 5.02 Å². The monoisotopic (exact) mass is 357 g/mol. The molecule has 0 saturated carbocycles. The molecule has 1 saturated heterocycles. The number of aromatic nitrogens is 4. The zero-order valence-electron chi connectivity index (χ0n) is 14.8. The fourth-order valence-corrected chi connectivity index (χ4v) is 3.58. The number of anilines is 1. The molecule has 0 amide bonds. The van der Waals surface area contributed by atoms with Crippen LogP contribution in [-0.2, 0) is 0 Å². The van der Waals surface area contributed by atoms with Crippen molar-refractivity contribution in [2.45, 2.75) is 13.8 Å². The summed E-state index contributed by atoms with van der Waals surface area (Å²) in [6, 6.07) is 7.74. The molecule has 2 aromatic heterocycles. The van der Waals surface area contributed by atoms with Gasteiger partial charge in [0, 0.05) is 5.02 Å². The molecule has 6 nitrogen and oxygen atoms in total. The van der Waals surface area contributed by atoms with E-state index in [1.54, 1.807) is 4.90 Å². The Morgan fingerprint density at radius 2 is 1.72 bits per heavy atom. The van der Waals surface area contributed by atoms with Gasteiger partial charge in [-0.15, -0.1) is 5.10 Å². The molecule has 0 unspecified atom stereocenters. The molecular formula is C18H22ClN6+. The van der Waals surface area contributed by atoms with E-state index in [-0.39, 0.29) is 0 Å². The van der Waals surface area contributed by atoms with Crippen molar-refractivity contribution in [3.05, 3.63) is 40.7 Å². The topological polar surface area (TPSA) is 51.3 Å². The Morgan fingerprint density at radius 1 is 1.04 bits per heavy atom. The van der Waals surface area contributed by atoms with E-state index in [4.69, 9.17) is 16.7 Å². The van der Waals surface area contributed by atoms with E-state index < -0.39 is 0 Å². The van der Waals surface area contributed by atoms with Crippen LogP contribution in [-0.4, -0.2) is 53.2 Å². The van der Waals surface area contributed by atoms with Gasteiger partial charge in [-0.25, -0.2) is 4.68 Å². The molecule has 0 aliphatic carbocycles. The molecule has 0 bridgehead atoms. The largest absolute Gasteiger partial charge is 0.342 e. The molecule has 1 aliphatic heterocycles. The number of piperazine rings is 1. The highest BCUT2D eigenvalue weighted by Gasteiger charge is 2.24. The summed E-state index contributed by atoms with van der Waals surface area (Å²) < 4.78 is 1.96. The quantitative estimate of drug-likeness (QED) is 0.753. The number of rotatable bonds is 2. The lowest BCUT2D eigenvalue weighted by Gasteiger charge is -2.30. The number of hydrogen-bond acceptors (Lipinski definition) is 4. The number of benzene rings is 1. The highest BCUT2D eigenvalue weighted by atomic mass is 35.5. The van der Waals surface area contributed by atoms with Crippen LogP contribution in [0.4, 0.5) is 5.82 Å². The van der Waals surface area contributed by atoms with Gasteiger partial charge in [0.15, 0.2) is 5.82 Å². The van der Waals surface area contributed by atoms with Crippen LogP contribution in [0, 0.1) is 13.8 Å². The predicted octanol–water partition coefficient (Wildman–Crippen LogP) is 1.42. The molecule has 1 aromatic carbocycles. The second-order valence-corrected chi connectivity index (χ2v) is 7.19. The van der Waals surface area contributed by atoms with Gasteiger partial charge in [-0.3, -0.25) is 0 Å². The third-order valence-electron chi connectivity index (χ3n) is 4.97. The Morgan fingerprint density at radius 3 is 2.40 bits per heavy atom. The van der Waals surface area contributed by atoms with E-state index in [9.17, 15) is 0 Å². The number of likely N-dealkylation sites (N-methyl/N-ethyl adjacent to an activating group) is 1. The minimum Gasteiger partial charge on any atom is -0.342 e. The van der Waals surface area contributed by atoms with Crippen molar-refractivity contribution in [3.8, 4) is 5.69 Å². The molecule has 25 heavy (non-hydrogen) atoms. The molecule has 1 fully saturated rings. The van der Waals surface area contributed by atoms with Crippen molar-refractivity contribution in [1.29, 1.82) is 0 Å². The van der Waals surface area contributed by atoms with E-state index in [2.05, 4.69) is 29.1 Å². The number of nitrogens with zero attached hydrogens (tertiary/aromatic N) is 5. The van der Waals surface area contributed by atoms with Gasteiger partial charge in [0.25, 0.3) is 0 Å². The highest BCUT2D eigenvalue weighted by Crippen LogP contribution is 2.29. The lowest BCUT2D eigenvalue weighted by atomic mass is 10.2. The van der Waals surface area contributed by atoms with Gasteiger partial charge in [0.2, 0.25) is 0 Å². The molecule has 0 radical (unpaired) electrons. The predicted molar refractivity (Wildman–Crippen MR) is 100.0 cm³/mol. The van der Waals surface area contributed by atoms with Gasteiger partial charge >= 0.3 is 0 Å². The number of hydrogen-bond donors (Lipinski definition) is 1. The van der Waals surface area contributed by atoms with Crippen molar-refractivity contribution in [1.82, 2.24) is 20.0 Å². The van der Waals surface area contributed by atoms with Crippen LogP contribution >= 0.6 is 11.6 Å². The number of nitrogens with one attached hydrogen (secondary N) is 1. The zero-order chi connectivity index (χ0) is 17.6. The lowest BCUT2D eigenvalue weighted by Crippen LogP contribution is -3.12. The first-order valence-electron chi connectivity index (χ1n) is 8.59. The second-order valence-electron chi connectivity index (χ2n) is 6.75. The summed E-state index contributed by atoms with van der Waals surface area (Å²) in [5.74, 6) is 0.893. The molecular weight excluding hydrogens is 336 g/mol. The first-order valence-corrected chi connectivity index (χ1v) is 8.97. The normalized spacial score (nSPS) is 15.9. The van der Waals surface area contributed by atoms with Crippen LogP contribution in [0.1, 0.15) is 11.4 Å². The summed E-state index contributed by atoms with van der Waals surface area (Å²) in [6.07, 6.45) is 0. The Hall–Kier alpha value is -2.18. The average molecular weight is 358 g/mol. The van der Waals surface area contributed by atoms with Gasteiger partial charge in [-0.2, -0.15) is 10.2 Å². The molecule has 0 spiro atoms. The number of quaternary nitrogens is 1. The molecule has 130 valence electrons. The minimum atomic E-state index is 0.721. The fourth-order valence-electron chi connectivity index (χ4n) is 3.46. The molecule has 3 heterocycles. The first-order chi connectivity index (χ1) is 12.0. The van der Waals surface area contributed by atoms with Crippen molar-refractivity contribution < 1.29 is 4.90 Å². The summed E-state index contributed by atoms with van der Waals surface area (Å²) in [7, 11) is 2.23. The Kier molecular flexibility index (Phi) is 4.09. The maximum atomic E-state index is 6.02. The van der Waals surface area contributed by atoms with Gasteiger partial charge < -0.3 is 9.80 Å². The van der Waals surface area contributed by atoms with Crippen molar-refractivity contribution in [3.63, 3.8) is 0 Å². The third-order valence-corrected chi connectivity index (χ3v) is 5.22. The molecule has 3 aromatic rings. The maximum Gasteiger partial charge on any atom is 0.180 e. The van der Waals surface area contributed by atoms with E-state index in [0.717, 1.165) is 65.0 Å². The van der Waals surface area contributed by atoms with Crippen molar-refractivity contribution >= 4 is 28.3 Å². The van der Waals surface area contributed by atoms with Gasteiger partial charge in [0.05, 0.1) is 55.7 Å². The van der Waals surface area contributed by atoms with Crippen LogP contribution in [0.15, 0.2) is 24.3 Å². The standard InChI is InChI=1S/C18H21ClN6/c1-12-16-13(2)25(15-6-4-14(19)5-7-15)22-17(16)18(21-20-12)24-10-8-23(3)9-11-24/h4-7H,8-11H2,1-3H3/p+1. The zero-order valence-corrected chi connectivity index (χ0v) is 15.5. The summed E-state index contributed by atoms with van der Waals surface area (Å²) in [5, 5.41) is 15.6. The summed E-state index contributed by atoms with van der Waals surface area (Å²) in [5.41, 5.74) is 3.91. The number of aryl methyl sites for hydroxylation is 2. The SMILES string of the molecule is Cc1nnc(N2CC[NH+](C)CC2)c2nn(-c3ccc(Cl)cc3)c(C)c12. The van der Waals surface area contributed by atoms with Crippen LogP contribution in [0.5, 0.6) is 0 Å². The first kappa shape index (κ1) is 16.3. The van der Waals surface area contributed by atoms with E-state index in [0.29, 0.717) is 0 Å². The molecule has 7 heteroatoms. The van der Waals surface area contributed by atoms with Gasteiger partial charge in [-0.05, 0) is 38.1 Å².